The largest absolute Gasteiger partial charge is 0.363 e. The van der Waals surface area contributed by atoms with Gasteiger partial charge in [-0.25, -0.2) is 0 Å². The first-order valence-corrected chi connectivity index (χ1v) is 6.57. The minimum absolute atomic E-state index is 0.456. The predicted molar refractivity (Wildman–Crippen MR) is 78.1 cm³/mol. The van der Waals surface area contributed by atoms with Gasteiger partial charge in [-0.3, -0.25) is 0 Å². The zero-order valence-electron chi connectivity index (χ0n) is 11.0. The minimum atomic E-state index is -0.456. The van der Waals surface area contributed by atoms with Crippen LogP contribution >= 0.6 is 0 Å². The molecule has 96 valence electrons. The van der Waals surface area contributed by atoms with Gasteiger partial charge < -0.3 is 9.69 Å². The lowest BCUT2D eigenvalue weighted by atomic mass is 9.92. The molecule has 1 aliphatic heterocycles. The van der Waals surface area contributed by atoms with Gasteiger partial charge >= 0.3 is 0 Å². The summed E-state index contributed by atoms with van der Waals surface area (Å²) in [6.07, 6.45) is 9.19. The number of para-hydroxylation sites is 1. The number of nitrogens with zero attached hydrogens (tertiary/aromatic N) is 1. The van der Waals surface area contributed by atoms with E-state index in [1.165, 1.54) is 16.8 Å². The molecular formula is C17H17NO. The van der Waals surface area contributed by atoms with Crippen LogP contribution in [-0.2, 0) is 4.79 Å². The third-order valence-corrected chi connectivity index (χ3v) is 3.80. The van der Waals surface area contributed by atoms with Crippen LogP contribution in [0.2, 0.25) is 0 Å². The molecule has 0 bridgehead atoms. The van der Waals surface area contributed by atoms with Crippen LogP contribution in [0, 0.1) is 5.41 Å². The van der Waals surface area contributed by atoms with Crippen molar-refractivity contribution in [2.24, 2.45) is 5.41 Å². The lowest BCUT2D eigenvalue weighted by Gasteiger charge is -2.19. The van der Waals surface area contributed by atoms with Gasteiger partial charge in [0.05, 0.1) is 5.41 Å². The van der Waals surface area contributed by atoms with Crippen LogP contribution in [0.15, 0.2) is 65.8 Å². The summed E-state index contributed by atoms with van der Waals surface area (Å²) in [7, 11) is 0. The highest BCUT2D eigenvalue weighted by Crippen LogP contribution is 2.30. The van der Waals surface area contributed by atoms with Crippen molar-refractivity contribution in [1.29, 1.82) is 0 Å². The number of anilines is 1. The molecule has 0 aromatic heterocycles. The predicted octanol–water partition coefficient (Wildman–Crippen LogP) is 3.13. The van der Waals surface area contributed by atoms with Crippen LogP contribution in [-0.4, -0.2) is 19.4 Å². The summed E-state index contributed by atoms with van der Waals surface area (Å²) >= 11 is 0. The zero-order chi connectivity index (χ0) is 13.3. The summed E-state index contributed by atoms with van der Waals surface area (Å²) in [5, 5.41) is 0. The zero-order valence-corrected chi connectivity index (χ0v) is 11.0. The Labute approximate surface area is 113 Å². The summed E-state index contributed by atoms with van der Waals surface area (Å²) in [6, 6.07) is 10.4. The quantitative estimate of drug-likeness (QED) is 0.753. The second-order valence-electron chi connectivity index (χ2n) is 5.39. The Hall–Kier alpha value is -2.09. The molecular weight excluding hydrogens is 234 g/mol. The Morgan fingerprint density at radius 3 is 2.16 bits per heavy atom. The summed E-state index contributed by atoms with van der Waals surface area (Å²) < 4.78 is 0. The lowest BCUT2D eigenvalue weighted by molar-refractivity contribution is -0.111. The Balaban J connectivity index is 1.83. The van der Waals surface area contributed by atoms with Crippen molar-refractivity contribution in [3.63, 3.8) is 0 Å². The SMILES string of the molecule is CC1(C=O)C=CC2=C(C=C1)CN(c1ccccc1)C2. The van der Waals surface area contributed by atoms with Gasteiger partial charge in [-0.1, -0.05) is 42.5 Å². The van der Waals surface area contributed by atoms with Crippen LogP contribution in [0.4, 0.5) is 5.69 Å². The summed E-state index contributed by atoms with van der Waals surface area (Å²) in [4.78, 5) is 13.5. The highest BCUT2D eigenvalue weighted by molar-refractivity contribution is 5.68. The highest BCUT2D eigenvalue weighted by atomic mass is 16.1. The lowest BCUT2D eigenvalue weighted by Crippen LogP contribution is -2.20. The van der Waals surface area contributed by atoms with Crippen molar-refractivity contribution < 1.29 is 4.79 Å². The summed E-state index contributed by atoms with van der Waals surface area (Å²) in [6.45, 7) is 3.76. The van der Waals surface area contributed by atoms with Crippen LogP contribution in [0.3, 0.4) is 0 Å². The highest BCUT2D eigenvalue weighted by Gasteiger charge is 2.24. The van der Waals surface area contributed by atoms with Gasteiger partial charge in [-0.2, -0.15) is 0 Å². The average Bonchev–Trinajstić information content (AvgIpc) is 2.81. The number of rotatable bonds is 2. The molecule has 1 aromatic carbocycles. The monoisotopic (exact) mass is 251 g/mol. The fourth-order valence-electron chi connectivity index (χ4n) is 2.51. The first kappa shape index (κ1) is 12.0. The maximum absolute atomic E-state index is 11.1. The smallest absolute Gasteiger partial charge is 0.133 e. The second kappa shape index (κ2) is 4.54. The first-order valence-electron chi connectivity index (χ1n) is 6.57. The van der Waals surface area contributed by atoms with E-state index < -0.39 is 5.41 Å². The topological polar surface area (TPSA) is 20.3 Å². The third-order valence-electron chi connectivity index (χ3n) is 3.80. The van der Waals surface area contributed by atoms with Crippen LogP contribution in [0.25, 0.3) is 0 Å². The Bertz CT molecular complexity index is 555. The van der Waals surface area contributed by atoms with E-state index in [0.717, 1.165) is 19.4 Å². The van der Waals surface area contributed by atoms with Crippen LogP contribution < -0.4 is 4.90 Å². The summed E-state index contributed by atoms with van der Waals surface area (Å²) in [5.41, 5.74) is 3.41. The summed E-state index contributed by atoms with van der Waals surface area (Å²) in [5.74, 6) is 0. The maximum atomic E-state index is 11.1. The van der Waals surface area contributed by atoms with E-state index in [1.54, 1.807) is 0 Å². The molecule has 2 heteroatoms. The molecule has 0 saturated carbocycles. The van der Waals surface area contributed by atoms with E-state index in [2.05, 4.69) is 41.3 Å². The van der Waals surface area contributed by atoms with E-state index in [1.807, 2.05) is 25.1 Å². The van der Waals surface area contributed by atoms with Gasteiger partial charge in [0.2, 0.25) is 0 Å². The van der Waals surface area contributed by atoms with E-state index in [9.17, 15) is 4.79 Å². The molecule has 2 nitrogen and oxygen atoms in total. The number of allylic oxidation sites excluding steroid dienone is 2. The standard InChI is InChI=1S/C17H17NO/c1-17(13-19)9-7-14-11-18(12-15(14)8-10-17)16-5-3-2-4-6-16/h2-10,13H,11-12H2,1H3. The molecule has 0 unspecified atom stereocenters. The van der Waals surface area contributed by atoms with Crippen molar-refractivity contribution in [2.45, 2.75) is 6.92 Å². The first-order chi connectivity index (χ1) is 9.20. The van der Waals surface area contributed by atoms with Gasteiger partial charge in [0.15, 0.2) is 0 Å². The molecule has 0 spiro atoms. The van der Waals surface area contributed by atoms with E-state index in [0.29, 0.717) is 0 Å². The molecule has 0 N–H and O–H groups in total. The third kappa shape index (κ3) is 2.26. The molecule has 0 fully saturated rings. The van der Waals surface area contributed by atoms with Crippen molar-refractivity contribution in [3.05, 3.63) is 65.8 Å². The molecule has 1 aromatic rings. The maximum Gasteiger partial charge on any atom is 0.133 e. The van der Waals surface area contributed by atoms with Crippen LogP contribution in [0.5, 0.6) is 0 Å². The van der Waals surface area contributed by atoms with Crippen molar-refractivity contribution in [1.82, 2.24) is 0 Å². The number of hydrogen-bond donors (Lipinski definition) is 0. The molecule has 0 saturated heterocycles. The second-order valence-corrected chi connectivity index (χ2v) is 5.39. The van der Waals surface area contributed by atoms with E-state index >= 15 is 0 Å². The number of hydrogen-bond acceptors (Lipinski definition) is 2. The molecule has 0 radical (unpaired) electrons. The molecule has 2 aliphatic rings. The fourth-order valence-corrected chi connectivity index (χ4v) is 2.51. The number of aldehydes is 1. The van der Waals surface area contributed by atoms with E-state index in [-0.39, 0.29) is 0 Å². The van der Waals surface area contributed by atoms with Crippen molar-refractivity contribution in [3.8, 4) is 0 Å². The Morgan fingerprint density at radius 2 is 1.63 bits per heavy atom. The van der Waals surface area contributed by atoms with Crippen molar-refractivity contribution >= 4 is 12.0 Å². The van der Waals surface area contributed by atoms with Gasteiger partial charge in [0.1, 0.15) is 6.29 Å². The van der Waals surface area contributed by atoms with Crippen molar-refractivity contribution in [2.75, 3.05) is 18.0 Å². The van der Waals surface area contributed by atoms with Gasteiger partial charge in [0.25, 0.3) is 0 Å². The Kier molecular flexibility index (Phi) is 2.86. The molecule has 1 heterocycles. The molecule has 3 rings (SSSR count). The Morgan fingerprint density at radius 1 is 1.05 bits per heavy atom. The number of carbonyl (C=O) groups is 1. The number of benzene rings is 1. The number of carbonyl (C=O) groups excluding carboxylic acids is 1. The molecule has 1 aliphatic carbocycles. The van der Waals surface area contributed by atoms with Gasteiger partial charge in [-0.05, 0) is 30.2 Å². The molecule has 19 heavy (non-hydrogen) atoms. The minimum Gasteiger partial charge on any atom is -0.363 e. The van der Waals surface area contributed by atoms with Gasteiger partial charge in [0, 0.05) is 18.8 Å². The fraction of sp³-hybridized carbons (Fsp3) is 0.235. The van der Waals surface area contributed by atoms with Crippen LogP contribution in [0.1, 0.15) is 6.92 Å². The molecule has 0 amide bonds. The molecule has 0 atom stereocenters. The van der Waals surface area contributed by atoms with E-state index in [4.69, 9.17) is 0 Å². The van der Waals surface area contributed by atoms with Gasteiger partial charge in [-0.15, -0.1) is 0 Å². The average molecular weight is 251 g/mol. The normalized spacial score (nSPS) is 20.4.